The molecule has 0 radical (unpaired) electrons. The molecule has 1 atom stereocenters. The van der Waals surface area contributed by atoms with Crippen molar-refractivity contribution in [3.05, 3.63) is 53.9 Å². The normalized spacial score (nSPS) is 12.2. The first-order valence-electron chi connectivity index (χ1n) is 6.08. The molecule has 0 aliphatic rings. The molecule has 2 aromatic rings. The summed E-state index contributed by atoms with van der Waals surface area (Å²) >= 11 is 0. The molecule has 2 rings (SSSR count). The molecule has 1 aromatic carbocycles. The largest absolute Gasteiger partial charge is 0.461 e. The predicted molar refractivity (Wildman–Crippen MR) is 68.4 cm³/mol. The number of carbonyl (C=O) groups is 1. The van der Waals surface area contributed by atoms with Crippen molar-refractivity contribution in [3.63, 3.8) is 0 Å². The Kier molecular flexibility index (Phi) is 3.94. The molecule has 4 nitrogen and oxygen atoms in total. The van der Waals surface area contributed by atoms with Gasteiger partial charge in [0, 0.05) is 5.56 Å². The second kappa shape index (κ2) is 5.65. The van der Waals surface area contributed by atoms with Crippen LogP contribution in [0, 0.1) is 5.82 Å². The minimum absolute atomic E-state index is 0.290. The molecule has 0 unspecified atom stereocenters. The maximum atomic E-state index is 13.8. The molecule has 0 bridgehead atoms. The van der Waals surface area contributed by atoms with Crippen LogP contribution in [0.2, 0.25) is 0 Å². The van der Waals surface area contributed by atoms with Crippen molar-refractivity contribution in [2.75, 3.05) is 6.61 Å². The highest BCUT2D eigenvalue weighted by molar-refractivity contribution is 5.87. The summed E-state index contributed by atoms with van der Waals surface area (Å²) in [4.78, 5) is 15.7. The van der Waals surface area contributed by atoms with E-state index in [4.69, 9.17) is 4.74 Å². The van der Waals surface area contributed by atoms with Crippen LogP contribution in [0.25, 0.3) is 0 Å². The molecule has 5 heteroatoms. The monoisotopic (exact) mass is 262 g/mol. The zero-order chi connectivity index (χ0) is 13.8. The van der Waals surface area contributed by atoms with Gasteiger partial charge in [0.2, 0.25) is 0 Å². The van der Waals surface area contributed by atoms with Gasteiger partial charge in [0.05, 0.1) is 25.2 Å². The summed E-state index contributed by atoms with van der Waals surface area (Å²) in [5.74, 6) is -0.762. The Bertz CT molecular complexity index is 580. The third-order valence-corrected chi connectivity index (χ3v) is 2.92. The van der Waals surface area contributed by atoms with Crippen molar-refractivity contribution < 1.29 is 13.9 Å². The van der Waals surface area contributed by atoms with Gasteiger partial charge < -0.3 is 9.30 Å². The van der Waals surface area contributed by atoms with Gasteiger partial charge in [-0.15, -0.1) is 0 Å². The number of esters is 1. The number of imidazole rings is 1. The van der Waals surface area contributed by atoms with E-state index in [1.54, 1.807) is 29.7 Å². The van der Waals surface area contributed by atoms with Crippen LogP contribution in [0.4, 0.5) is 4.39 Å². The van der Waals surface area contributed by atoms with Crippen LogP contribution in [-0.2, 0) is 4.74 Å². The fourth-order valence-electron chi connectivity index (χ4n) is 1.94. The summed E-state index contributed by atoms with van der Waals surface area (Å²) < 4.78 is 20.3. The molecule has 0 amide bonds. The van der Waals surface area contributed by atoms with Crippen molar-refractivity contribution in [2.24, 2.45) is 0 Å². The second-order valence-electron chi connectivity index (χ2n) is 4.10. The van der Waals surface area contributed by atoms with E-state index in [2.05, 4.69) is 4.98 Å². The maximum absolute atomic E-state index is 13.8. The van der Waals surface area contributed by atoms with Gasteiger partial charge in [0.25, 0.3) is 0 Å². The van der Waals surface area contributed by atoms with Crippen LogP contribution in [0.5, 0.6) is 0 Å². The fourth-order valence-corrected chi connectivity index (χ4v) is 1.94. The average molecular weight is 262 g/mol. The third-order valence-electron chi connectivity index (χ3n) is 2.92. The van der Waals surface area contributed by atoms with Gasteiger partial charge in [-0.3, -0.25) is 0 Å². The first-order chi connectivity index (χ1) is 9.15. The summed E-state index contributed by atoms with van der Waals surface area (Å²) in [5.41, 5.74) is 0.823. The molecule has 0 aliphatic heterocycles. The molecular weight excluding hydrogens is 247 g/mol. The standard InChI is InChI=1S/C14H15FN2O2/c1-3-19-14(18)13-8-16-9-17(13)10(2)11-6-4-5-7-12(11)15/h4-10H,3H2,1-2H3/t10-/m1/s1. The van der Waals surface area contributed by atoms with E-state index in [9.17, 15) is 9.18 Å². The van der Waals surface area contributed by atoms with Crippen molar-refractivity contribution in [1.82, 2.24) is 9.55 Å². The number of halogens is 1. The number of hydrogen-bond acceptors (Lipinski definition) is 3. The second-order valence-corrected chi connectivity index (χ2v) is 4.10. The first kappa shape index (κ1) is 13.3. The highest BCUT2D eigenvalue weighted by atomic mass is 19.1. The highest BCUT2D eigenvalue weighted by Crippen LogP contribution is 2.22. The van der Waals surface area contributed by atoms with Crippen LogP contribution in [0.1, 0.15) is 35.9 Å². The minimum atomic E-state index is -0.455. The lowest BCUT2D eigenvalue weighted by Gasteiger charge is -2.16. The molecule has 1 heterocycles. The Morgan fingerprint density at radius 1 is 1.47 bits per heavy atom. The molecule has 0 N–H and O–H groups in total. The lowest BCUT2D eigenvalue weighted by molar-refractivity contribution is 0.0512. The van der Waals surface area contributed by atoms with E-state index in [-0.39, 0.29) is 18.5 Å². The molecule has 0 saturated heterocycles. The fraction of sp³-hybridized carbons (Fsp3) is 0.286. The van der Waals surface area contributed by atoms with Gasteiger partial charge in [0.1, 0.15) is 11.5 Å². The van der Waals surface area contributed by atoms with Gasteiger partial charge in [-0.1, -0.05) is 18.2 Å². The van der Waals surface area contributed by atoms with Crippen molar-refractivity contribution in [3.8, 4) is 0 Å². The van der Waals surface area contributed by atoms with Crippen LogP contribution in [0.15, 0.2) is 36.8 Å². The molecule has 1 aromatic heterocycles. The Morgan fingerprint density at radius 2 is 2.21 bits per heavy atom. The van der Waals surface area contributed by atoms with Crippen LogP contribution < -0.4 is 0 Å². The summed E-state index contributed by atoms with van der Waals surface area (Å²) in [6, 6.07) is 6.15. The smallest absolute Gasteiger partial charge is 0.356 e. The third kappa shape index (κ3) is 2.65. The predicted octanol–water partition coefficient (Wildman–Crippen LogP) is 2.81. The zero-order valence-electron chi connectivity index (χ0n) is 10.8. The van der Waals surface area contributed by atoms with Crippen molar-refractivity contribution in [1.29, 1.82) is 0 Å². The molecule has 0 spiro atoms. The molecule has 0 saturated carbocycles. The minimum Gasteiger partial charge on any atom is -0.461 e. The Balaban J connectivity index is 2.35. The number of aromatic nitrogens is 2. The van der Waals surface area contributed by atoms with Crippen molar-refractivity contribution in [2.45, 2.75) is 19.9 Å². The topological polar surface area (TPSA) is 44.1 Å². The van der Waals surface area contributed by atoms with Gasteiger partial charge in [-0.05, 0) is 19.9 Å². The lowest BCUT2D eigenvalue weighted by atomic mass is 10.1. The van der Waals surface area contributed by atoms with E-state index in [1.165, 1.54) is 18.6 Å². The quantitative estimate of drug-likeness (QED) is 0.796. The molecule has 100 valence electrons. The van der Waals surface area contributed by atoms with E-state index in [1.807, 2.05) is 6.92 Å². The van der Waals surface area contributed by atoms with Crippen LogP contribution >= 0.6 is 0 Å². The highest BCUT2D eigenvalue weighted by Gasteiger charge is 2.19. The Morgan fingerprint density at radius 3 is 2.89 bits per heavy atom. The number of rotatable bonds is 4. The number of ether oxygens (including phenoxy) is 1. The van der Waals surface area contributed by atoms with E-state index >= 15 is 0 Å². The van der Waals surface area contributed by atoms with Gasteiger partial charge >= 0.3 is 5.97 Å². The number of carbonyl (C=O) groups excluding carboxylic acids is 1. The van der Waals surface area contributed by atoms with Crippen molar-refractivity contribution >= 4 is 5.97 Å². The summed E-state index contributed by atoms with van der Waals surface area (Å²) in [7, 11) is 0. The molecule has 0 fully saturated rings. The van der Waals surface area contributed by atoms with E-state index < -0.39 is 5.97 Å². The molecule has 19 heavy (non-hydrogen) atoms. The van der Waals surface area contributed by atoms with Crippen LogP contribution in [0.3, 0.4) is 0 Å². The lowest BCUT2D eigenvalue weighted by Crippen LogP contribution is -2.16. The Hall–Kier alpha value is -2.17. The number of hydrogen-bond donors (Lipinski definition) is 0. The average Bonchev–Trinajstić information content (AvgIpc) is 2.88. The van der Waals surface area contributed by atoms with E-state index in [0.29, 0.717) is 11.3 Å². The SMILES string of the molecule is CCOC(=O)c1cncn1[C@H](C)c1ccccc1F. The van der Waals surface area contributed by atoms with Gasteiger partial charge in [0.15, 0.2) is 0 Å². The summed E-state index contributed by atoms with van der Waals surface area (Å²) in [6.45, 7) is 3.83. The van der Waals surface area contributed by atoms with Gasteiger partial charge in [-0.25, -0.2) is 14.2 Å². The summed E-state index contributed by atoms with van der Waals surface area (Å²) in [6.07, 6.45) is 2.93. The number of benzene rings is 1. The van der Waals surface area contributed by atoms with Gasteiger partial charge in [-0.2, -0.15) is 0 Å². The summed E-state index contributed by atoms with van der Waals surface area (Å²) in [5, 5.41) is 0. The maximum Gasteiger partial charge on any atom is 0.356 e. The molecular formula is C14H15FN2O2. The first-order valence-corrected chi connectivity index (χ1v) is 6.08. The zero-order valence-corrected chi connectivity index (χ0v) is 10.8. The molecule has 0 aliphatic carbocycles. The van der Waals surface area contributed by atoms with E-state index in [0.717, 1.165) is 0 Å². The number of nitrogens with zero attached hydrogens (tertiary/aromatic N) is 2. The van der Waals surface area contributed by atoms with Crippen LogP contribution in [-0.4, -0.2) is 22.1 Å². The Labute approximate surface area is 110 Å².